The summed E-state index contributed by atoms with van der Waals surface area (Å²) in [6.45, 7) is 6.27. The second-order valence-corrected chi connectivity index (χ2v) is 8.05. The summed E-state index contributed by atoms with van der Waals surface area (Å²) < 4.78 is 27.3. The minimum absolute atomic E-state index is 0.121. The van der Waals surface area contributed by atoms with Crippen molar-refractivity contribution in [2.24, 2.45) is 0 Å². The molecule has 1 heterocycles. The van der Waals surface area contributed by atoms with Gasteiger partial charge in [0, 0.05) is 25.7 Å². The van der Waals surface area contributed by atoms with Gasteiger partial charge in [-0.2, -0.15) is 9.40 Å². The number of nitrogens with one attached hydrogen (secondary N) is 2. The molecule has 0 aromatic carbocycles. The van der Waals surface area contributed by atoms with Crippen LogP contribution in [-0.4, -0.2) is 42.1 Å². The fraction of sp³-hybridized carbons (Fsp3) is 0.786. The highest BCUT2D eigenvalue weighted by Crippen LogP contribution is 2.29. The Kier molecular flexibility index (Phi) is 5.06. The van der Waals surface area contributed by atoms with Gasteiger partial charge >= 0.3 is 0 Å². The molecule has 0 spiro atoms. The van der Waals surface area contributed by atoms with Crippen LogP contribution in [0.25, 0.3) is 0 Å². The topological polar surface area (TPSA) is 78.1 Å². The first-order valence-corrected chi connectivity index (χ1v) is 9.03. The van der Waals surface area contributed by atoms with Crippen molar-refractivity contribution in [3.8, 4) is 0 Å². The molecule has 6 nitrogen and oxygen atoms in total. The summed E-state index contributed by atoms with van der Waals surface area (Å²) in [4.78, 5) is 0.338. The van der Waals surface area contributed by atoms with Gasteiger partial charge in [0.15, 0.2) is 0 Å². The van der Waals surface area contributed by atoms with Crippen molar-refractivity contribution in [2.75, 3.05) is 7.05 Å². The van der Waals surface area contributed by atoms with Gasteiger partial charge in [-0.25, -0.2) is 8.42 Å². The van der Waals surface area contributed by atoms with Gasteiger partial charge in [0.05, 0.1) is 11.4 Å². The van der Waals surface area contributed by atoms with Gasteiger partial charge in [0.25, 0.3) is 0 Å². The largest absolute Gasteiger partial charge is 0.309 e. The fourth-order valence-corrected chi connectivity index (χ4v) is 4.58. The van der Waals surface area contributed by atoms with E-state index in [-0.39, 0.29) is 12.1 Å². The molecule has 1 aromatic heterocycles. The Hall–Kier alpha value is -0.920. The quantitative estimate of drug-likeness (QED) is 0.839. The standard InChI is InChI=1S/C14H26N4O2S/c1-10(2)15-9-13-14(11(3)16-17-13)21(19,20)18(4)12-7-5-6-8-12/h10,12,15H,5-9H2,1-4H3,(H,16,17). The minimum atomic E-state index is -3.49. The number of aromatic amines is 1. The molecule has 1 aromatic rings. The maximum absolute atomic E-state index is 12.9. The SMILES string of the molecule is Cc1[nH]nc(CNC(C)C)c1S(=O)(=O)N(C)C1CCCC1. The molecule has 120 valence electrons. The third kappa shape index (κ3) is 3.46. The number of nitrogens with zero attached hydrogens (tertiary/aromatic N) is 2. The zero-order valence-corrected chi connectivity index (χ0v) is 14.1. The maximum atomic E-state index is 12.9. The summed E-state index contributed by atoms with van der Waals surface area (Å²) in [6.07, 6.45) is 4.12. The molecule has 0 bridgehead atoms. The summed E-state index contributed by atoms with van der Waals surface area (Å²) >= 11 is 0. The lowest BCUT2D eigenvalue weighted by Gasteiger charge is -2.24. The van der Waals surface area contributed by atoms with Crippen molar-refractivity contribution in [3.63, 3.8) is 0 Å². The van der Waals surface area contributed by atoms with E-state index in [1.54, 1.807) is 14.0 Å². The summed E-state index contributed by atoms with van der Waals surface area (Å²) in [7, 11) is -1.80. The Bertz CT molecular complexity index is 574. The molecular formula is C14H26N4O2S. The van der Waals surface area contributed by atoms with Crippen LogP contribution in [0.2, 0.25) is 0 Å². The summed E-state index contributed by atoms with van der Waals surface area (Å²) in [5.74, 6) is 0. The third-order valence-electron chi connectivity index (χ3n) is 4.12. The third-order valence-corrected chi connectivity index (χ3v) is 6.23. The van der Waals surface area contributed by atoms with Crippen molar-refractivity contribution in [1.29, 1.82) is 0 Å². The average Bonchev–Trinajstić information content (AvgIpc) is 3.04. The number of rotatable bonds is 6. The molecule has 2 N–H and O–H groups in total. The van der Waals surface area contributed by atoms with Gasteiger partial charge in [-0.15, -0.1) is 0 Å². The van der Waals surface area contributed by atoms with E-state index in [0.717, 1.165) is 25.7 Å². The molecule has 0 radical (unpaired) electrons. The molecule has 2 rings (SSSR count). The van der Waals surface area contributed by atoms with Crippen LogP contribution in [0.1, 0.15) is 50.9 Å². The van der Waals surface area contributed by atoms with E-state index in [9.17, 15) is 8.42 Å². The van der Waals surface area contributed by atoms with E-state index in [2.05, 4.69) is 15.5 Å². The van der Waals surface area contributed by atoms with E-state index in [0.29, 0.717) is 22.8 Å². The van der Waals surface area contributed by atoms with Crippen molar-refractivity contribution in [3.05, 3.63) is 11.4 Å². The van der Waals surface area contributed by atoms with Crippen LogP contribution < -0.4 is 5.32 Å². The summed E-state index contributed by atoms with van der Waals surface area (Å²) in [5, 5.41) is 10.2. The average molecular weight is 314 g/mol. The van der Waals surface area contributed by atoms with Crippen molar-refractivity contribution in [1.82, 2.24) is 19.8 Å². The number of aryl methyl sites for hydroxylation is 1. The van der Waals surface area contributed by atoms with Crippen LogP contribution in [0.4, 0.5) is 0 Å². The monoisotopic (exact) mass is 314 g/mol. The van der Waals surface area contributed by atoms with Crippen LogP contribution in [-0.2, 0) is 16.6 Å². The highest BCUT2D eigenvalue weighted by Gasteiger charge is 2.34. The second kappa shape index (κ2) is 6.46. The second-order valence-electron chi connectivity index (χ2n) is 6.12. The van der Waals surface area contributed by atoms with E-state index in [1.165, 1.54) is 4.31 Å². The van der Waals surface area contributed by atoms with Gasteiger partial charge < -0.3 is 5.32 Å². The molecule has 1 saturated carbocycles. The molecule has 0 atom stereocenters. The van der Waals surface area contributed by atoms with Crippen LogP contribution in [0, 0.1) is 6.92 Å². The van der Waals surface area contributed by atoms with Gasteiger partial charge in [0.1, 0.15) is 4.90 Å². The summed E-state index contributed by atoms with van der Waals surface area (Å²) in [6, 6.07) is 0.403. The van der Waals surface area contributed by atoms with Gasteiger partial charge in [-0.3, -0.25) is 5.10 Å². The molecule has 1 fully saturated rings. The van der Waals surface area contributed by atoms with Crippen LogP contribution in [0.3, 0.4) is 0 Å². The minimum Gasteiger partial charge on any atom is -0.309 e. The van der Waals surface area contributed by atoms with Crippen LogP contribution in [0.5, 0.6) is 0 Å². The molecule has 0 amide bonds. The van der Waals surface area contributed by atoms with Gasteiger partial charge in [-0.1, -0.05) is 26.7 Å². The first-order chi connectivity index (χ1) is 9.84. The van der Waals surface area contributed by atoms with E-state index >= 15 is 0 Å². The lowest BCUT2D eigenvalue weighted by molar-refractivity contribution is 0.372. The fourth-order valence-electron chi connectivity index (χ4n) is 2.84. The Morgan fingerprint density at radius 1 is 1.38 bits per heavy atom. The van der Waals surface area contributed by atoms with Gasteiger partial charge in [-0.05, 0) is 19.8 Å². The first-order valence-electron chi connectivity index (χ1n) is 7.59. The molecule has 1 aliphatic rings. The highest BCUT2D eigenvalue weighted by molar-refractivity contribution is 7.89. The Morgan fingerprint density at radius 3 is 2.57 bits per heavy atom. The molecule has 7 heteroatoms. The van der Waals surface area contributed by atoms with Crippen LogP contribution in [0.15, 0.2) is 4.90 Å². The van der Waals surface area contributed by atoms with E-state index < -0.39 is 10.0 Å². The first kappa shape index (κ1) is 16.5. The number of H-pyrrole nitrogens is 1. The van der Waals surface area contributed by atoms with Gasteiger partial charge in [0.2, 0.25) is 10.0 Å². The molecule has 0 unspecified atom stereocenters. The number of hydrogen-bond acceptors (Lipinski definition) is 4. The van der Waals surface area contributed by atoms with Crippen molar-refractivity contribution >= 4 is 10.0 Å². The molecule has 0 aliphatic heterocycles. The smallest absolute Gasteiger partial charge is 0.246 e. The Morgan fingerprint density at radius 2 is 2.00 bits per heavy atom. The van der Waals surface area contributed by atoms with E-state index in [1.807, 2.05) is 13.8 Å². The van der Waals surface area contributed by atoms with Crippen molar-refractivity contribution in [2.45, 2.75) is 70.0 Å². The highest BCUT2D eigenvalue weighted by atomic mass is 32.2. The number of hydrogen-bond donors (Lipinski definition) is 2. The number of aromatic nitrogens is 2. The molecule has 1 aliphatic carbocycles. The predicted molar refractivity (Wildman–Crippen MR) is 82.5 cm³/mol. The molecule has 0 saturated heterocycles. The molecular weight excluding hydrogens is 288 g/mol. The summed E-state index contributed by atoms with van der Waals surface area (Å²) in [5.41, 5.74) is 1.19. The zero-order valence-electron chi connectivity index (χ0n) is 13.3. The number of sulfonamides is 1. The maximum Gasteiger partial charge on any atom is 0.246 e. The lowest BCUT2D eigenvalue weighted by Crippen LogP contribution is -2.36. The zero-order chi connectivity index (χ0) is 15.6. The lowest BCUT2D eigenvalue weighted by atomic mass is 10.3. The molecule has 21 heavy (non-hydrogen) atoms. The van der Waals surface area contributed by atoms with Crippen molar-refractivity contribution < 1.29 is 8.42 Å². The van der Waals surface area contributed by atoms with E-state index in [4.69, 9.17) is 0 Å². The Balaban J connectivity index is 2.28. The predicted octanol–water partition coefficient (Wildman–Crippen LogP) is 1.78. The van der Waals surface area contributed by atoms with Crippen LogP contribution >= 0.6 is 0 Å². The normalized spacial score (nSPS) is 17.2. The Labute approximate surface area is 127 Å².